The fraction of sp³-hybridized carbons (Fsp3) is 0.250. The second-order valence-corrected chi connectivity index (χ2v) is 6.84. The number of nitrogens with one attached hydrogen (secondary N) is 1. The highest BCUT2D eigenvalue weighted by Gasteiger charge is 2.32. The first-order valence-corrected chi connectivity index (χ1v) is 9.33. The Labute approximate surface area is 171 Å². The van der Waals surface area contributed by atoms with E-state index in [0.29, 0.717) is 17.8 Å². The molecule has 154 valence electrons. The van der Waals surface area contributed by atoms with Crippen molar-refractivity contribution in [2.24, 2.45) is 0 Å². The summed E-state index contributed by atoms with van der Waals surface area (Å²) in [5.41, 5.74) is 2.06. The van der Waals surface area contributed by atoms with Crippen molar-refractivity contribution in [1.82, 2.24) is 25.3 Å². The van der Waals surface area contributed by atoms with E-state index in [1.165, 1.54) is 28.6 Å². The van der Waals surface area contributed by atoms with Crippen LogP contribution in [0.3, 0.4) is 0 Å². The highest BCUT2D eigenvalue weighted by atomic mass is 19.1. The van der Waals surface area contributed by atoms with Gasteiger partial charge in [-0.1, -0.05) is 11.3 Å². The van der Waals surface area contributed by atoms with Crippen LogP contribution in [0.1, 0.15) is 18.3 Å². The van der Waals surface area contributed by atoms with Gasteiger partial charge in [-0.2, -0.15) is 0 Å². The normalized spacial score (nSPS) is 15.9. The fourth-order valence-electron chi connectivity index (χ4n) is 3.13. The summed E-state index contributed by atoms with van der Waals surface area (Å²) < 4.78 is 21.3. The van der Waals surface area contributed by atoms with Gasteiger partial charge in [0, 0.05) is 25.2 Å². The van der Waals surface area contributed by atoms with Gasteiger partial charge in [0.1, 0.15) is 11.8 Å². The predicted octanol–water partition coefficient (Wildman–Crippen LogP) is 1.85. The lowest BCUT2D eigenvalue weighted by atomic mass is 10.2. The number of amides is 2. The first kappa shape index (κ1) is 19.5. The Morgan fingerprint density at radius 3 is 2.90 bits per heavy atom. The maximum atomic E-state index is 14.8. The molecule has 10 heteroatoms. The number of carbonyl (C=O) groups is 2. The molecular weight excluding hydrogens is 391 g/mol. The van der Waals surface area contributed by atoms with Crippen molar-refractivity contribution >= 4 is 17.7 Å². The molecule has 1 aliphatic heterocycles. The van der Waals surface area contributed by atoms with Crippen molar-refractivity contribution in [3.8, 4) is 5.69 Å². The molecule has 0 aliphatic carbocycles. The van der Waals surface area contributed by atoms with Crippen LogP contribution in [0.5, 0.6) is 0 Å². The molecule has 1 aromatic carbocycles. The van der Waals surface area contributed by atoms with Gasteiger partial charge in [-0.25, -0.2) is 13.9 Å². The largest absolute Gasteiger partial charge is 0.442 e. The second-order valence-electron chi connectivity index (χ2n) is 6.84. The lowest BCUT2D eigenvalue weighted by Crippen LogP contribution is -2.33. The van der Waals surface area contributed by atoms with Crippen LogP contribution >= 0.6 is 0 Å². The number of anilines is 1. The smallest absolute Gasteiger partial charge is 0.414 e. The molecule has 1 atom stereocenters. The zero-order valence-electron chi connectivity index (χ0n) is 16.2. The third-order valence-corrected chi connectivity index (χ3v) is 4.57. The van der Waals surface area contributed by atoms with Crippen LogP contribution in [0.2, 0.25) is 0 Å². The van der Waals surface area contributed by atoms with E-state index in [-0.39, 0.29) is 24.7 Å². The minimum Gasteiger partial charge on any atom is -0.442 e. The molecule has 0 radical (unpaired) electrons. The number of halogens is 1. The molecule has 2 aromatic heterocycles. The van der Waals surface area contributed by atoms with Gasteiger partial charge in [0.05, 0.1) is 30.7 Å². The number of nitrogens with zero attached hydrogens (tertiary/aromatic N) is 5. The maximum Gasteiger partial charge on any atom is 0.414 e. The van der Waals surface area contributed by atoms with Crippen molar-refractivity contribution in [1.29, 1.82) is 0 Å². The molecular formula is C20H19FN6O3. The second kappa shape index (κ2) is 8.27. The zero-order chi connectivity index (χ0) is 21.1. The van der Waals surface area contributed by atoms with Crippen molar-refractivity contribution in [3.05, 3.63) is 66.0 Å². The van der Waals surface area contributed by atoms with Gasteiger partial charge < -0.3 is 10.1 Å². The first-order valence-electron chi connectivity index (χ1n) is 9.33. The number of benzene rings is 1. The molecule has 4 rings (SSSR count). The molecule has 1 fully saturated rings. The van der Waals surface area contributed by atoms with Gasteiger partial charge in [-0.15, -0.1) is 5.10 Å². The van der Waals surface area contributed by atoms with Crippen molar-refractivity contribution in [3.63, 3.8) is 0 Å². The number of hydrogen-bond acceptors (Lipinski definition) is 6. The molecule has 2 amide bonds. The average molecular weight is 410 g/mol. The molecule has 0 spiro atoms. The number of ether oxygens (including phenoxy) is 1. The van der Waals surface area contributed by atoms with Crippen LogP contribution in [0.15, 0.2) is 48.8 Å². The fourth-order valence-corrected chi connectivity index (χ4v) is 3.13. The topological polar surface area (TPSA) is 102 Å². The maximum absolute atomic E-state index is 14.8. The third-order valence-electron chi connectivity index (χ3n) is 4.57. The Morgan fingerprint density at radius 2 is 2.17 bits per heavy atom. The summed E-state index contributed by atoms with van der Waals surface area (Å²) >= 11 is 0. The number of rotatable bonds is 6. The van der Waals surface area contributed by atoms with E-state index in [2.05, 4.69) is 20.6 Å². The number of aromatic nitrogens is 4. The highest BCUT2D eigenvalue weighted by Crippen LogP contribution is 2.25. The molecule has 1 saturated heterocycles. The molecule has 3 heterocycles. The molecule has 0 saturated carbocycles. The van der Waals surface area contributed by atoms with Crippen LogP contribution in [0.4, 0.5) is 14.9 Å². The molecule has 9 nitrogen and oxygen atoms in total. The van der Waals surface area contributed by atoms with E-state index >= 15 is 0 Å². The molecule has 1 aliphatic rings. The summed E-state index contributed by atoms with van der Waals surface area (Å²) in [6.45, 7) is 1.81. The Hall–Kier alpha value is -3.82. The summed E-state index contributed by atoms with van der Waals surface area (Å²) in [6, 6.07) is 9.98. The number of cyclic esters (lactones) is 1. The third kappa shape index (κ3) is 4.27. The van der Waals surface area contributed by atoms with Gasteiger partial charge >= 0.3 is 6.09 Å². The molecule has 1 N–H and O–H groups in total. The quantitative estimate of drug-likeness (QED) is 0.666. The predicted molar refractivity (Wildman–Crippen MR) is 105 cm³/mol. The molecule has 3 aromatic rings. The lowest BCUT2D eigenvalue weighted by molar-refractivity contribution is -0.119. The zero-order valence-corrected chi connectivity index (χ0v) is 16.2. The highest BCUT2D eigenvalue weighted by molar-refractivity contribution is 5.90. The minimum absolute atomic E-state index is 0.205. The average Bonchev–Trinajstić information content (AvgIpc) is 3.33. The summed E-state index contributed by atoms with van der Waals surface area (Å²) in [7, 11) is 0. The van der Waals surface area contributed by atoms with Crippen LogP contribution in [0.25, 0.3) is 5.69 Å². The van der Waals surface area contributed by atoms with Gasteiger partial charge in [-0.05, 0) is 30.3 Å². The van der Waals surface area contributed by atoms with Crippen molar-refractivity contribution < 1.29 is 18.7 Å². The summed E-state index contributed by atoms with van der Waals surface area (Å²) in [5.74, 6) is -0.768. The van der Waals surface area contributed by atoms with E-state index in [9.17, 15) is 14.0 Å². The van der Waals surface area contributed by atoms with Gasteiger partial charge in [0.15, 0.2) is 5.82 Å². The van der Waals surface area contributed by atoms with E-state index in [1.807, 2.05) is 18.2 Å². The monoisotopic (exact) mass is 410 g/mol. The van der Waals surface area contributed by atoms with Crippen molar-refractivity contribution in [2.75, 3.05) is 18.0 Å². The van der Waals surface area contributed by atoms with E-state index in [4.69, 9.17) is 4.74 Å². The van der Waals surface area contributed by atoms with Gasteiger partial charge in [0.25, 0.3) is 0 Å². The lowest BCUT2D eigenvalue weighted by Gasteiger charge is -2.14. The Morgan fingerprint density at radius 1 is 1.30 bits per heavy atom. The molecule has 0 bridgehead atoms. The Kier molecular flexibility index (Phi) is 5.38. The summed E-state index contributed by atoms with van der Waals surface area (Å²) in [5, 5.41) is 10.7. The molecule has 0 unspecified atom stereocenters. The molecule has 30 heavy (non-hydrogen) atoms. The van der Waals surface area contributed by atoms with Crippen molar-refractivity contribution in [2.45, 2.75) is 19.4 Å². The van der Waals surface area contributed by atoms with E-state index in [1.54, 1.807) is 18.5 Å². The van der Waals surface area contributed by atoms with Crippen LogP contribution in [-0.4, -0.2) is 51.2 Å². The minimum atomic E-state index is -0.587. The number of pyridine rings is 1. The first-order chi connectivity index (χ1) is 14.5. The SMILES string of the molecule is CC(=O)NC[C@H]1CN(c2ccc(-n3cc(Cc4ccccn4)nn3)c(F)c2)C(=O)O1. The number of hydrogen-bond donors (Lipinski definition) is 1. The van der Waals surface area contributed by atoms with E-state index in [0.717, 1.165) is 5.69 Å². The summed E-state index contributed by atoms with van der Waals surface area (Å²) in [6.07, 6.45) is 2.74. The van der Waals surface area contributed by atoms with Gasteiger partial charge in [0.2, 0.25) is 5.91 Å². The van der Waals surface area contributed by atoms with Crippen LogP contribution in [0, 0.1) is 5.82 Å². The van der Waals surface area contributed by atoms with Crippen LogP contribution < -0.4 is 10.2 Å². The summed E-state index contributed by atoms with van der Waals surface area (Å²) in [4.78, 5) is 28.7. The van der Waals surface area contributed by atoms with E-state index < -0.39 is 18.0 Å². The Bertz CT molecular complexity index is 1070. The number of carbonyl (C=O) groups excluding carboxylic acids is 2. The standard InChI is InChI=1S/C20H19FN6O3/c1-13(28)23-10-17-12-26(20(29)30-17)16-5-6-19(18(21)9-16)27-11-15(24-25-27)8-14-4-2-3-7-22-14/h2-7,9,11,17H,8,10,12H2,1H3,(H,23,28)/t17-/m0/s1. The van der Waals surface area contributed by atoms with Crippen LogP contribution in [-0.2, 0) is 16.0 Å². The Balaban J connectivity index is 1.47. The van der Waals surface area contributed by atoms with Gasteiger partial charge in [-0.3, -0.25) is 14.7 Å².